The van der Waals surface area contributed by atoms with E-state index in [2.05, 4.69) is 26.0 Å². The van der Waals surface area contributed by atoms with Crippen molar-refractivity contribution in [3.63, 3.8) is 0 Å². The van der Waals surface area contributed by atoms with E-state index in [-0.39, 0.29) is 29.7 Å². The van der Waals surface area contributed by atoms with Gasteiger partial charge in [0.2, 0.25) is 0 Å². The molecule has 0 heterocycles. The van der Waals surface area contributed by atoms with Gasteiger partial charge in [0.05, 0.1) is 33.2 Å². The first-order valence-corrected chi connectivity index (χ1v) is 9.65. The number of methoxy groups -OCH3 is 3. The van der Waals surface area contributed by atoms with Gasteiger partial charge >= 0.3 is 11.9 Å². The Labute approximate surface area is 161 Å². The molecule has 2 aliphatic rings. The van der Waals surface area contributed by atoms with Gasteiger partial charge in [-0.25, -0.2) is 0 Å². The third-order valence-electron chi connectivity index (χ3n) is 6.97. The Morgan fingerprint density at radius 1 is 1.11 bits per heavy atom. The molecule has 5 nitrogen and oxygen atoms in total. The lowest BCUT2D eigenvalue weighted by Crippen LogP contribution is -2.52. The van der Waals surface area contributed by atoms with Gasteiger partial charge in [0, 0.05) is 5.56 Å². The predicted octanol–water partition coefficient (Wildman–Crippen LogP) is 3.59. The molecule has 1 aromatic rings. The lowest BCUT2D eigenvalue weighted by atomic mass is 9.49. The van der Waals surface area contributed by atoms with Crippen molar-refractivity contribution < 1.29 is 23.8 Å². The van der Waals surface area contributed by atoms with Crippen LogP contribution in [0.5, 0.6) is 5.75 Å². The molecule has 1 saturated carbocycles. The highest BCUT2D eigenvalue weighted by atomic mass is 16.5. The molecule has 27 heavy (non-hydrogen) atoms. The molecule has 3 rings (SSSR count). The van der Waals surface area contributed by atoms with Crippen LogP contribution in [0, 0.1) is 11.3 Å². The van der Waals surface area contributed by atoms with Crippen molar-refractivity contribution in [1.29, 1.82) is 0 Å². The SMILES string of the molecule is COC(=O)Cc1cc2c(cc1OC)[C@@]1(C)CCC[C@](C)(C(=O)OC)[C@@H]1CC2. The quantitative estimate of drug-likeness (QED) is 0.754. The van der Waals surface area contributed by atoms with Crippen LogP contribution in [0.1, 0.15) is 56.2 Å². The Kier molecular flexibility index (Phi) is 5.24. The van der Waals surface area contributed by atoms with E-state index in [9.17, 15) is 9.59 Å². The second-order valence-electron chi connectivity index (χ2n) is 8.35. The van der Waals surface area contributed by atoms with Gasteiger partial charge in [-0.3, -0.25) is 9.59 Å². The second kappa shape index (κ2) is 7.17. The molecule has 148 valence electrons. The van der Waals surface area contributed by atoms with Crippen LogP contribution < -0.4 is 4.74 Å². The van der Waals surface area contributed by atoms with Gasteiger partial charge in [-0.05, 0) is 61.1 Å². The molecule has 1 fully saturated rings. The van der Waals surface area contributed by atoms with Crippen molar-refractivity contribution in [3.05, 3.63) is 28.8 Å². The Morgan fingerprint density at radius 3 is 2.48 bits per heavy atom. The summed E-state index contributed by atoms with van der Waals surface area (Å²) in [4.78, 5) is 24.4. The van der Waals surface area contributed by atoms with E-state index in [4.69, 9.17) is 14.2 Å². The molecule has 5 heteroatoms. The fraction of sp³-hybridized carbons (Fsp3) is 0.636. The monoisotopic (exact) mass is 374 g/mol. The number of rotatable bonds is 4. The highest BCUT2D eigenvalue weighted by molar-refractivity contribution is 5.77. The topological polar surface area (TPSA) is 61.8 Å². The van der Waals surface area contributed by atoms with Crippen LogP contribution >= 0.6 is 0 Å². The number of ether oxygens (including phenoxy) is 3. The predicted molar refractivity (Wildman–Crippen MR) is 102 cm³/mol. The molecule has 0 aliphatic heterocycles. The summed E-state index contributed by atoms with van der Waals surface area (Å²) in [7, 11) is 4.51. The van der Waals surface area contributed by atoms with Crippen LogP contribution in [-0.4, -0.2) is 33.3 Å². The number of carbonyl (C=O) groups is 2. The standard InChI is InChI=1S/C22H30O5/c1-21-9-6-10-22(2,20(24)27-5)18(21)8-7-14-11-15(12-19(23)26-4)17(25-3)13-16(14)21/h11,13,18H,6-10,12H2,1-5H3/t18-,21-,22+/m1/s1. The molecule has 0 spiro atoms. The largest absolute Gasteiger partial charge is 0.496 e. The number of aryl methyl sites for hydroxylation is 1. The first-order chi connectivity index (χ1) is 12.8. The minimum atomic E-state index is -0.461. The number of hydrogen-bond donors (Lipinski definition) is 0. The molecule has 0 aromatic heterocycles. The molecule has 0 bridgehead atoms. The first-order valence-electron chi connectivity index (χ1n) is 9.65. The normalized spacial score (nSPS) is 29.3. The molecule has 0 unspecified atom stereocenters. The number of benzene rings is 1. The van der Waals surface area contributed by atoms with Crippen molar-refractivity contribution in [3.8, 4) is 5.75 Å². The van der Waals surface area contributed by atoms with Gasteiger partial charge in [-0.1, -0.05) is 19.4 Å². The Morgan fingerprint density at radius 2 is 1.85 bits per heavy atom. The summed E-state index contributed by atoms with van der Waals surface area (Å²) in [5.74, 6) is 0.571. The number of carbonyl (C=O) groups excluding carboxylic acids is 2. The minimum absolute atomic E-state index is 0.101. The molecule has 2 aliphatic carbocycles. The third-order valence-corrected chi connectivity index (χ3v) is 6.97. The summed E-state index contributed by atoms with van der Waals surface area (Å²) < 4.78 is 15.6. The first kappa shape index (κ1) is 19.7. The van der Waals surface area contributed by atoms with Crippen LogP contribution in [0.2, 0.25) is 0 Å². The van der Waals surface area contributed by atoms with Crippen LogP contribution in [0.3, 0.4) is 0 Å². The lowest BCUT2D eigenvalue weighted by molar-refractivity contribution is -0.161. The van der Waals surface area contributed by atoms with E-state index in [1.165, 1.54) is 25.3 Å². The molecule has 0 radical (unpaired) electrons. The maximum absolute atomic E-state index is 12.6. The van der Waals surface area contributed by atoms with Crippen molar-refractivity contribution in [2.24, 2.45) is 11.3 Å². The smallest absolute Gasteiger partial charge is 0.311 e. The van der Waals surface area contributed by atoms with E-state index >= 15 is 0 Å². The van der Waals surface area contributed by atoms with Gasteiger partial charge < -0.3 is 14.2 Å². The van der Waals surface area contributed by atoms with Gasteiger partial charge in [-0.2, -0.15) is 0 Å². The minimum Gasteiger partial charge on any atom is -0.496 e. The average molecular weight is 374 g/mol. The number of fused-ring (bicyclic) bond motifs is 3. The molecule has 0 saturated heterocycles. The maximum Gasteiger partial charge on any atom is 0.311 e. The fourth-order valence-electron chi connectivity index (χ4n) is 5.58. The Bertz CT molecular complexity index is 755. The molecular weight excluding hydrogens is 344 g/mol. The lowest BCUT2D eigenvalue weighted by Gasteiger charge is -2.54. The van der Waals surface area contributed by atoms with Crippen LogP contribution in [0.15, 0.2) is 12.1 Å². The summed E-state index contributed by atoms with van der Waals surface area (Å²) >= 11 is 0. The second-order valence-corrected chi connectivity index (χ2v) is 8.35. The highest BCUT2D eigenvalue weighted by Crippen LogP contribution is 2.58. The Balaban J connectivity index is 2.07. The summed E-state index contributed by atoms with van der Waals surface area (Å²) in [5, 5.41) is 0. The summed E-state index contributed by atoms with van der Waals surface area (Å²) in [6, 6.07) is 4.18. The van der Waals surface area contributed by atoms with Crippen LogP contribution in [0.4, 0.5) is 0 Å². The maximum atomic E-state index is 12.6. The van der Waals surface area contributed by atoms with E-state index in [1.807, 2.05) is 0 Å². The van der Waals surface area contributed by atoms with Gasteiger partial charge in [0.1, 0.15) is 5.75 Å². The zero-order valence-corrected chi connectivity index (χ0v) is 17.0. The van der Waals surface area contributed by atoms with E-state index in [1.54, 1.807) is 7.11 Å². The van der Waals surface area contributed by atoms with Crippen molar-refractivity contribution in [1.82, 2.24) is 0 Å². The number of esters is 2. The van der Waals surface area contributed by atoms with Crippen molar-refractivity contribution >= 4 is 11.9 Å². The summed E-state index contributed by atoms with van der Waals surface area (Å²) in [5.41, 5.74) is 2.79. The van der Waals surface area contributed by atoms with Crippen molar-refractivity contribution in [2.75, 3.05) is 21.3 Å². The van der Waals surface area contributed by atoms with Gasteiger partial charge in [-0.15, -0.1) is 0 Å². The summed E-state index contributed by atoms with van der Waals surface area (Å²) in [6.07, 6.45) is 4.93. The van der Waals surface area contributed by atoms with Gasteiger partial charge in [0.25, 0.3) is 0 Å². The third kappa shape index (κ3) is 3.11. The molecular formula is C22H30O5. The molecule has 3 atom stereocenters. The summed E-state index contributed by atoms with van der Waals surface area (Å²) in [6.45, 7) is 4.34. The number of hydrogen-bond acceptors (Lipinski definition) is 5. The zero-order chi connectivity index (χ0) is 19.8. The zero-order valence-electron chi connectivity index (χ0n) is 17.0. The van der Waals surface area contributed by atoms with Gasteiger partial charge in [0.15, 0.2) is 0 Å². The highest BCUT2D eigenvalue weighted by Gasteiger charge is 2.55. The average Bonchev–Trinajstić information content (AvgIpc) is 2.66. The molecule has 0 amide bonds. The Hall–Kier alpha value is -2.04. The van der Waals surface area contributed by atoms with Crippen molar-refractivity contribution in [2.45, 2.75) is 57.8 Å². The van der Waals surface area contributed by atoms with E-state index in [0.717, 1.165) is 37.7 Å². The molecule has 1 aromatic carbocycles. The molecule has 0 N–H and O–H groups in total. The van der Waals surface area contributed by atoms with Crippen LogP contribution in [-0.2, 0) is 37.3 Å². The van der Waals surface area contributed by atoms with E-state index in [0.29, 0.717) is 5.75 Å². The fourth-order valence-corrected chi connectivity index (χ4v) is 5.58. The van der Waals surface area contributed by atoms with Crippen LogP contribution in [0.25, 0.3) is 0 Å². The van der Waals surface area contributed by atoms with E-state index < -0.39 is 5.41 Å².